The molecule has 0 saturated carbocycles. The van der Waals surface area contributed by atoms with Crippen molar-refractivity contribution in [1.29, 1.82) is 0 Å². The Kier molecular flexibility index (Phi) is 2.45. The molecule has 0 aliphatic heterocycles. The summed E-state index contributed by atoms with van der Waals surface area (Å²) in [5.74, 6) is -0.524. The Bertz CT molecular complexity index is 695. The molecule has 88 valence electrons. The minimum Gasteiger partial charge on any atom is -0.453 e. The summed E-state index contributed by atoms with van der Waals surface area (Å²) < 4.78 is 18.5. The van der Waals surface area contributed by atoms with E-state index in [0.717, 1.165) is 5.39 Å². The average Bonchev–Trinajstić information content (AvgIpc) is 2.81. The third-order valence-electron chi connectivity index (χ3n) is 2.74. The van der Waals surface area contributed by atoms with Gasteiger partial charge in [0.25, 0.3) is 0 Å². The first-order valence-electron chi connectivity index (χ1n) is 5.53. The molecule has 0 aliphatic rings. The van der Waals surface area contributed by atoms with Crippen LogP contribution in [0.25, 0.3) is 11.0 Å². The smallest absolute Gasteiger partial charge is 0.228 e. The molecule has 0 saturated heterocycles. The molecule has 0 radical (unpaired) electrons. The van der Waals surface area contributed by atoms with Crippen molar-refractivity contribution in [3.63, 3.8) is 0 Å². The Morgan fingerprint density at radius 1 is 1.00 bits per heavy atom. The molecule has 0 aliphatic carbocycles. The van der Waals surface area contributed by atoms with Gasteiger partial charge in [0.15, 0.2) is 5.76 Å². The molecule has 0 N–H and O–H groups in total. The lowest BCUT2D eigenvalue weighted by Gasteiger charge is -1.96. The number of ketones is 1. The number of hydrogen-bond acceptors (Lipinski definition) is 2. The number of carbonyl (C=O) groups excluding carboxylic acids is 1. The van der Waals surface area contributed by atoms with Crippen LogP contribution in [0.4, 0.5) is 4.39 Å². The predicted octanol–water partition coefficient (Wildman–Crippen LogP) is 3.80. The first kappa shape index (κ1) is 10.7. The second kappa shape index (κ2) is 4.11. The van der Waals surface area contributed by atoms with E-state index in [-0.39, 0.29) is 17.1 Å². The summed E-state index contributed by atoms with van der Waals surface area (Å²) in [5, 5.41) is 0.859. The van der Waals surface area contributed by atoms with Crippen molar-refractivity contribution in [3.05, 3.63) is 71.7 Å². The molecule has 0 unspecified atom stereocenters. The summed E-state index contributed by atoms with van der Waals surface area (Å²) in [6, 6.07) is 14.6. The lowest BCUT2D eigenvalue weighted by atomic mass is 10.1. The molecule has 1 aromatic heterocycles. The van der Waals surface area contributed by atoms with Crippen molar-refractivity contribution in [2.24, 2.45) is 0 Å². The molecule has 0 spiro atoms. The Morgan fingerprint density at radius 2 is 1.83 bits per heavy atom. The third kappa shape index (κ3) is 1.80. The van der Waals surface area contributed by atoms with E-state index in [1.807, 2.05) is 18.2 Å². The van der Waals surface area contributed by atoms with Crippen LogP contribution >= 0.6 is 0 Å². The first-order chi connectivity index (χ1) is 8.74. The highest BCUT2D eigenvalue weighted by molar-refractivity contribution is 6.08. The monoisotopic (exact) mass is 240 g/mol. The van der Waals surface area contributed by atoms with Gasteiger partial charge in [0.2, 0.25) is 5.78 Å². The lowest BCUT2D eigenvalue weighted by molar-refractivity contribution is 0.101. The highest BCUT2D eigenvalue weighted by atomic mass is 19.1. The average molecular weight is 240 g/mol. The zero-order chi connectivity index (χ0) is 12.5. The van der Waals surface area contributed by atoms with E-state index >= 15 is 0 Å². The van der Waals surface area contributed by atoms with Gasteiger partial charge >= 0.3 is 0 Å². The fourth-order valence-electron chi connectivity index (χ4n) is 1.87. The van der Waals surface area contributed by atoms with Crippen LogP contribution in [0.3, 0.4) is 0 Å². The van der Waals surface area contributed by atoms with Crippen LogP contribution in [0.15, 0.2) is 59.0 Å². The molecule has 3 aromatic rings. The number of benzene rings is 2. The summed E-state index contributed by atoms with van der Waals surface area (Å²) in [5.41, 5.74) is 0.936. The van der Waals surface area contributed by atoms with E-state index in [1.165, 1.54) is 18.2 Å². The Balaban J connectivity index is 2.06. The van der Waals surface area contributed by atoms with Gasteiger partial charge < -0.3 is 4.42 Å². The van der Waals surface area contributed by atoms with Crippen molar-refractivity contribution in [3.8, 4) is 0 Å². The van der Waals surface area contributed by atoms with E-state index in [2.05, 4.69) is 0 Å². The van der Waals surface area contributed by atoms with Gasteiger partial charge in [-0.2, -0.15) is 0 Å². The molecule has 0 bridgehead atoms. The maximum Gasteiger partial charge on any atom is 0.228 e. The van der Waals surface area contributed by atoms with E-state index in [1.54, 1.807) is 18.2 Å². The molecule has 0 amide bonds. The Hall–Kier alpha value is -2.42. The van der Waals surface area contributed by atoms with E-state index < -0.39 is 5.82 Å². The van der Waals surface area contributed by atoms with Gasteiger partial charge in [0.1, 0.15) is 11.4 Å². The number of fused-ring (bicyclic) bond motifs is 1. The predicted molar refractivity (Wildman–Crippen MR) is 66.0 cm³/mol. The summed E-state index contributed by atoms with van der Waals surface area (Å²) >= 11 is 0. The van der Waals surface area contributed by atoms with Crippen molar-refractivity contribution in [2.45, 2.75) is 0 Å². The van der Waals surface area contributed by atoms with Gasteiger partial charge in [-0.05, 0) is 24.3 Å². The number of hydrogen-bond donors (Lipinski definition) is 0. The second-order valence-corrected chi connectivity index (χ2v) is 3.99. The van der Waals surface area contributed by atoms with Gasteiger partial charge in [0, 0.05) is 10.9 Å². The number of furan rings is 1. The quantitative estimate of drug-likeness (QED) is 0.638. The summed E-state index contributed by atoms with van der Waals surface area (Å²) in [6.07, 6.45) is 0. The van der Waals surface area contributed by atoms with Crippen molar-refractivity contribution in [1.82, 2.24) is 0 Å². The highest BCUT2D eigenvalue weighted by Crippen LogP contribution is 2.21. The van der Waals surface area contributed by atoms with Crippen molar-refractivity contribution >= 4 is 16.8 Å². The summed E-state index contributed by atoms with van der Waals surface area (Å²) in [7, 11) is 0. The number of carbonyl (C=O) groups is 1. The number of para-hydroxylation sites is 1. The molecule has 18 heavy (non-hydrogen) atoms. The van der Waals surface area contributed by atoms with Crippen molar-refractivity contribution < 1.29 is 13.6 Å². The van der Waals surface area contributed by atoms with Gasteiger partial charge in [0.05, 0.1) is 0 Å². The summed E-state index contributed by atoms with van der Waals surface area (Å²) in [6.45, 7) is 0. The topological polar surface area (TPSA) is 30.2 Å². The zero-order valence-electron chi connectivity index (χ0n) is 9.39. The molecule has 0 atom stereocenters. The van der Waals surface area contributed by atoms with Crippen LogP contribution < -0.4 is 0 Å². The molecule has 0 fully saturated rings. The normalized spacial score (nSPS) is 10.7. The number of halogens is 1. The molecule has 3 heteroatoms. The van der Waals surface area contributed by atoms with E-state index in [0.29, 0.717) is 5.58 Å². The minimum atomic E-state index is -0.433. The standard InChI is InChI=1S/C15H9FO2/c16-12-6-3-5-11(8-12)15(17)14-9-10-4-1-2-7-13(10)18-14/h1-9H. The highest BCUT2D eigenvalue weighted by Gasteiger charge is 2.14. The maximum atomic E-state index is 13.1. The molecular formula is C15H9FO2. The largest absolute Gasteiger partial charge is 0.453 e. The zero-order valence-corrected chi connectivity index (χ0v) is 9.39. The summed E-state index contributed by atoms with van der Waals surface area (Å²) in [4.78, 5) is 12.1. The number of rotatable bonds is 2. The SMILES string of the molecule is O=C(c1cccc(F)c1)c1cc2ccccc2o1. The molecule has 3 rings (SSSR count). The maximum absolute atomic E-state index is 13.1. The molecule has 2 aromatic carbocycles. The van der Waals surface area contributed by atoms with Gasteiger partial charge in [-0.3, -0.25) is 4.79 Å². The fourth-order valence-corrected chi connectivity index (χ4v) is 1.87. The van der Waals surface area contributed by atoms with E-state index in [4.69, 9.17) is 4.42 Å². The van der Waals surface area contributed by atoms with Gasteiger partial charge in [-0.25, -0.2) is 4.39 Å². The fraction of sp³-hybridized carbons (Fsp3) is 0. The van der Waals surface area contributed by atoms with Crippen LogP contribution in [-0.4, -0.2) is 5.78 Å². The Labute approximate surface area is 103 Å². The molecular weight excluding hydrogens is 231 g/mol. The van der Waals surface area contributed by atoms with Gasteiger partial charge in [-0.15, -0.1) is 0 Å². The van der Waals surface area contributed by atoms with E-state index in [9.17, 15) is 9.18 Å². The van der Waals surface area contributed by atoms with Crippen LogP contribution in [0.5, 0.6) is 0 Å². The minimum absolute atomic E-state index is 0.224. The molecule has 1 heterocycles. The molecule has 2 nitrogen and oxygen atoms in total. The van der Waals surface area contributed by atoms with Crippen LogP contribution in [0.2, 0.25) is 0 Å². The Morgan fingerprint density at radius 3 is 2.61 bits per heavy atom. The van der Waals surface area contributed by atoms with Gasteiger partial charge in [-0.1, -0.05) is 30.3 Å². The third-order valence-corrected chi connectivity index (χ3v) is 2.74. The van der Waals surface area contributed by atoms with Crippen LogP contribution in [0, 0.1) is 5.82 Å². The lowest BCUT2D eigenvalue weighted by Crippen LogP contribution is -1.99. The second-order valence-electron chi connectivity index (χ2n) is 3.99. The first-order valence-corrected chi connectivity index (χ1v) is 5.53. The van der Waals surface area contributed by atoms with Crippen LogP contribution in [0.1, 0.15) is 16.1 Å². The van der Waals surface area contributed by atoms with Crippen LogP contribution in [-0.2, 0) is 0 Å². The van der Waals surface area contributed by atoms with Crippen molar-refractivity contribution in [2.75, 3.05) is 0 Å².